The molecule has 1 unspecified atom stereocenters. The van der Waals surface area contributed by atoms with Gasteiger partial charge in [0, 0.05) is 18.2 Å². The number of amides is 1. The molecule has 0 saturated carbocycles. The summed E-state index contributed by atoms with van der Waals surface area (Å²) in [5.41, 5.74) is 1.49. The Hall–Kier alpha value is -2.60. The zero-order chi connectivity index (χ0) is 16.2. The van der Waals surface area contributed by atoms with E-state index >= 15 is 0 Å². The first-order valence-corrected chi connectivity index (χ1v) is 7.33. The highest BCUT2D eigenvalue weighted by molar-refractivity contribution is 6.30. The van der Waals surface area contributed by atoms with E-state index in [1.807, 2.05) is 24.3 Å². The van der Waals surface area contributed by atoms with Gasteiger partial charge in [-0.05, 0) is 24.3 Å². The van der Waals surface area contributed by atoms with E-state index in [-0.39, 0.29) is 5.91 Å². The molecule has 1 aromatic heterocycles. The van der Waals surface area contributed by atoms with E-state index in [9.17, 15) is 4.79 Å². The molecule has 0 saturated heterocycles. The van der Waals surface area contributed by atoms with Gasteiger partial charge < -0.3 is 14.9 Å². The average molecular weight is 332 g/mol. The number of methoxy groups -OCH3 is 1. The maximum Gasteiger partial charge on any atom is 0.269 e. The number of nitrogens with one attached hydrogen (secondary N) is 1. The number of anilines is 1. The third kappa shape index (κ3) is 3.43. The van der Waals surface area contributed by atoms with Crippen LogP contribution in [0.25, 0.3) is 0 Å². The number of oxime groups is 1. The van der Waals surface area contributed by atoms with Crippen molar-refractivity contribution in [1.29, 1.82) is 0 Å². The highest BCUT2D eigenvalue weighted by atomic mass is 35.5. The van der Waals surface area contributed by atoms with Gasteiger partial charge in [0.15, 0.2) is 0 Å². The van der Waals surface area contributed by atoms with E-state index in [2.05, 4.69) is 15.5 Å². The Morgan fingerprint density at radius 2 is 2.17 bits per heavy atom. The van der Waals surface area contributed by atoms with Crippen molar-refractivity contribution in [3.05, 3.63) is 53.2 Å². The van der Waals surface area contributed by atoms with E-state index in [1.54, 1.807) is 19.2 Å². The number of benzene rings is 1. The fourth-order valence-electron chi connectivity index (χ4n) is 2.22. The van der Waals surface area contributed by atoms with Gasteiger partial charge in [0.25, 0.3) is 5.91 Å². The van der Waals surface area contributed by atoms with Gasteiger partial charge in [-0.1, -0.05) is 28.9 Å². The normalized spacial score (nSPS) is 16.4. The van der Waals surface area contributed by atoms with E-state index < -0.39 is 6.10 Å². The average Bonchev–Trinajstić information content (AvgIpc) is 3.07. The fraction of sp³-hybridized carbons (Fsp3) is 0.188. The number of pyridine rings is 1. The van der Waals surface area contributed by atoms with Crippen molar-refractivity contribution >= 4 is 29.0 Å². The second-order valence-electron chi connectivity index (χ2n) is 4.89. The second kappa shape index (κ2) is 6.66. The summed E-state index contributed by atoms with van der Waals surface area (Å²) in [5.74, 6) is 0.789. The summed E-state index contributed by atoms with van der Waals surface area (Å²) in [7, 11) is 1.59. The highest BCUT2D eigenvalue weighted by Gasteiger charge is 2.30. The van der Waals surface area contributed by atoms with Crippen LogP contribution in [0.2, 0.25) is 5.02 Å². The monoisotopic (exact) mass is 331 g/mol. The number of hydrogen-bond donors (Lipinski definition) is 1. The van der Waals surface area contributed by atoms with Gasteiger partial charge in [0.1, 0.15) is 11.6 Å². The molecule has 0 radical (unpaired) electrons. The number of para-hydroxylation sites is 1. The minimum absolute atomic E-state index is 0.312. The van der Waals surface area contributed by atoms with Gasteiger partial charge in [-0.15, -0.1) is 0 Å². The van der Waals surface area contributed by atoms with Gasteiger partial charge in [-0.2, -0.15) is 0 Å². The molecule has 0 fully saturated rings. The predicted molar refractivity (Wildman–Crippen MR) is 86.9 cm³/mol. The molecule has 118 valence electrons. The maximum atomic E-state index is 12.2. The lowest BCUT2D eigenvalue weighted by molar-refractivity contribution is -0.125. The van der Waals surface area contributed by atoms with Crippen LogP contribution >= 0.6 is 11.6 Å². The predicted octanol–water partition coefficient (Wildman–Crippen LogP) is 2.88. The Bertz CT molecular complexity index is 746. The van der Waals surface area contributed by atoms with Gasteiger partial charge >= 0.3 is 0 Å². The Labute approximate surface area is 138 Å². The van der Waals surface area contributed by atoms with Crippen LogP contribution in [-0.2, 0) is 9.63 Å². The van der Waals surface area contributed by atoms with Gasteiger partial charge in [-0.3, -0.25) is 4.79 Å². The number of ether oxygens (including phenoxy) is 1. The Kier molecular flexibility index (Phi) is 4.43. The topological polar surface area (TPSA) is 72.8 Å². The molecule has 0 aliphatic carbocycles. The highest BCUT2D eigenvalue weighted by Crippen LogP contribution is 2.25. The third-order valence-electron chi connectivity index (χ3n) is 3.36. The summed E-state index contributed by atoms with van der Waals surface area (Å²) >= 11 is 5.76. The van der Waals surface area contributed by atoms with Crippen molar-refractivity contribution in [3.8, 4) is 5.75 Å². The molecule has 2 heterocycles. The van der Waals surface area contributed by atoms with Crippen molar-refractivity contribution < 1.29 is 14.4 Å². The second-order valence-corrected chi connectivity index (χ2v) is 5.32. The van der Waals surface area contributed by atoms with Crippen LogP contribution in [0.3, 0.4) is 0 Å². The first-order chi connectivity index (χ1) is 11.2. The molecule has 23 heavy (non-hydrogen) atoms. The maximum absolute atomic E-state index is 12.2. The van der Waals surface area contributed by atoms with E-state index in [4.69, 9.17) is 21.2 Å². The number of carbonyl (C=O) groups excluding carboxylic acids is 1. The molecule has 2 aromatic rings. The number of hydrogen-bond acceptors (Lipinski definition) is 5. The number of carbonyl (C=O) groups is 1. The van der Waals surface area contributed by atoms with Crippen molar-refractivity contribution in [2.24, 2.45) is 5.16 Å². The van der Waals surface area contributed by atoms with Crippen LogP contribution in [0, 0.1) is 0 Å². The van der Waals surface area contributed by atoms with Gasteiger partial charge in [0.2, 0.25) is 6.10 Å². The third-order valence-corrected chi connectivity index (χ3v) is 3.58. The summed E-state index contributed by atoms with van der Waals surface area (Å²) in [4.78, 5) is 21.5. The molecule has 1 aromatic carbocycles. The van der Waals surface area contributed by atoms with Crippen molar-refractivity contribution in [2.75, 3.05) is 12.4 Å². The lowest BCUT2D eigenvalue weighted by atomic mass is 10.0. The summed E-state index contributed by atoms with van der Waals surface area (Å²) in [5, 5.41) is 7.18. The van der Waals surface area contributed by atoms with Crippen LogP contribution in [0.1, 0.15) is 12.0 Å². The summed E-state index contributed by atoms with van der Waals surface area (Å²) in [6.45, 7) is 0. The fourth-order valence-corrected chi connectivity index (χ4v) is 2.33. The summed E-state index contributed by atoms with van der Waals surface area (Å²) in [6.07, 6.45) is 1.12. The molecule has 1 aliphatic rings. The molecule has 1 atom stereocenters. The Morgan fingerprint density at radius 1 is 1.35 bits per heavy atom. The summed E-state index contributed by atoms with van der Waals surface area (Å²) in [6, 6.07) is 10.7. The molecule has 1 N–H and O–H groups in total. The SMILES string of the molecule is COc1ccccc1C1=NOC(C(=O)Nc2ccc(Cl)cn2)C1. The molecule has 1 aliphatic heterocycles. The van der Waals surface area contributed by atoms with Gasteiger partial charge in [-0.25, -0.2) is 4.98 Å². The molecule has 3 rings (SSSR count). The number of rotatable bonds is 4. The summed E-state index contributed by atoms with van der Waals surface area (Å²) < 4.78 is 5.30. The van der Waals surface area contributed by atoms with Crippen LogP contribution in [-0.4, -0.2) is 29.8 Å². The van der Waals surface area contributed by atoms with E-state index in [0.717, 1.165) is 5.56 Å². The molecule has 0 spiro atoms. The zero-order valence-corrected chi connectivity index (χ0v) is 13.1. The van der Waals surface area contributed by atoms with Crippen molar-refractivity contribution in [2.45, 2.75) is 12.5 Å². The molecule has 1 amide bonds. The Morgan fingerprint density at radius 3 is 2.91 bits per heavy atom. The number of aromatic nitrogens is 1. The van der Waals surface area contributed by atoms with Crippen molar-refractivity contribution in [1.82, 2.24) is 4.98 Å². The molecular formula is C16H14ClN3O3. The quantitative estimate of drug-likeness (QED) is 0.935. The smallest absolute Gasteiger partial charge is 0.269 e. The number of halogens is 1. The van der Waals surface area contributed by atoms with E-state index in [0.29, 0.717) is 28.7 Å². The molecule has 7 heteroatoms. The van der Waals surface area contributed by atoms with Crippen LogP contribution in [0.15, 0.2) is 47.8 Å². The van der Waals surface area contributed by atoms with Gasteiger partial charge in [0.05, 0.1) is 17.8 Å². The van der Waals surface area contributed by atoms with Crippen molar-refractivity contribution in [3.63, 3.8) is 0 Å². The van der Waals surface area contributed by atoms with Crippen LogP contribution in [0.4, 0.5) is 5.82 Å². The minimum atomic E-state index is -0.701. The van der Waals surface area contributed by atoms with Crippen LogP contribution < -0.4 is 10.1 Å². The van der Waals surface area contributed by atoms with E-state index in [1.165, 1.54) is 6.20 Å². The molecule has 0 bridgehead atoms. The largest absolute Gasteiger partial charge is 0.496 e. The first kappa shape index (κ1) is 15.3. The Balaban J connectivity index is 1.66. The zero-order valence-electron chi connectivity index (χ0n) is 12.3. The minimum Gasteiger partial charge on any atom is -0.496 e. The molecule has 6 nitrogen and oxygen atoms in total. The van der Waals surface area contributed by atoms with Crippen LogP contribution in [0.5, 0.6) is 5.75 Å². The lowest BCUT2D eigenvalue weighted by Crippen LogP contribution is -2.28. The standard InChI is InChI=1S/C16H14ClN3O3/c1-22-13-5-3-2-4-11(13)12-8-14(23-20-12)16(21)19-15-7-6-10(17)9-18-15/h2-7,9,14H,8H2,1H3,(H,18,19,21). The first-order valence-electron chi connectivity index (χ1n) is 6.96. The number of nitrogens with zero attached hydrogens (tertiary/aromatic N) is 2. The lowest BCUT2D eigenvalue weighted by Gasteiger charge is -2.09. The molecular weight excluding hydrogens is 318 g/mol.